The Morgan fingerprint density at radius 1 is 1.08 bits per heavy atom. The third kappa shape index (κ3) is 4.80. The van der Waals surface area contributed by atoms with Crippen LogP contribution in [0.3, 0.4) is 0 Å². The number of para-hydroxylation sites is 1. The highest BCUT2D eigenvalue weighted by Gasteiger charge is 2.20. The maximum Gasteiger partial charge on any atom is 0.303 e. The van der Waals surface area contributed by atoms with E-state index in [0.29, 0.717) is 58.3 Å². The van der Waals surface area contributed by atoms with Crippen molar-refractivity contribution in [3.63, 3.8) is 0 Å². The van der Waals surface area contributed by atoms with Crippen LogP contribution in [0.5, 0.6) is 11.5 Å². The van der Waals surface area contributed by atoms with Crippen molar-refractivity contribution in [2.45, 2.75) is 19.4 Å². The fourth-order valence-corrected chi connectivity index (χ4v) is 4.35. The predicted octanol–water partition coefficient (Wildman–Crippen LogP) is 4.40. The Morgan fingerprint density at radius 3 is 2.82 bits per heavy atom. The summed E-state index contributed by atoms with van der Waals surface area (Å²) in [7, 11) is 0. The minimum absolute atomic E-state index is 0.0275. The zero-order valence-corrected chi connectivity index (χ0v) is 20.6. The Kier molecular flexibility index (Phi) is 6.22. The molecule has 3 aromatic carbocycles. The maximum atomic E-state index is 11.3. The fourth-order valence-electron chi connectivity index (χ4n) is 4.35. The first kappa shape index (κ1) is 23.9. The molecule has 0 amide bonds. The topological polar surface area (TPSA) is 132 Å². The van der Waals surface area contributed by atoms with Crippen molar-refractivity contribution in [3.8, 4) is 11.5 Å². The molecule has 2 aromatic heterocycles. The van der Waals surface area contributed by atoms with E-state index in [4.69, 9.17) is 26.0 Å². The number of anilines is 2. The number of carboxylic acids is 1. The average Bonchev–Trinajstić information content (AvgIpc) is 3.60. The molecule has 0 spiro atoms. The summed E-state index contributed by atoms with van der Waals surface area (Å²) in [4.78, 5) is 26.0. The highest BCUT2D eigenvalue weighted by molar-refractivity contribution is 5.93. The molecule has 12 nitrogen and oxygen atoms in total. The summed E-state index contributed by atoms with van der Waals surface area (Å²) in [6.45, 7) is 8.36. The summed E-state index contributed by atoms with van der Waals surface area (Å²) in [6, 6.07) is 18.4. The number of nitrogens with zero attached hydrogens (tertiary/aromatic N) is 7. The standard InChI is InChI=1S/C27H22N8O4/c1-28-18-9-10-20-19(14-18)26(29-15-17-8-11-23-24(13-17)39-16-38-23)31-27(30-20)34(12-4-7-25(36)37)35-22-6-3-2-5-21(22)32-33-35/h2-3,5-6,8-11,13-14H,4,7,12,15-16H2,(H,36,37)(H,29,30,31). The molecular weight excluding hydrogens is 500 g/mol. The number of nitrogens with one attached hydrogen (secondary N) is 1. The molecule has 39 heavy (non-hydrogen) atoms. The SMILES string of the molecule is [C-]#[N+]c1ccc2nc(N(CCCC(=O)O)n3nnc4ccccc43)nc(NCc3ccc4c(c3)OCO4)c2c1. The van der Waals surface area contributed by atoms with Crippen LogP contribution in [0.4, 0.5) is 17.5 Å². The number of rotatable bonds is 9. The molecule has 0 saturated carbocycles. The molecule has 6 rings (SSSR count). The molecule has 1 aliphatic heterocycles. The summed E-state index contributed by atoms with van der Waals surface area (Å²) in [5, 5.41) is 23.6. The van der Waals surface area contributed by atoms with Crippen molar-refractivity contribution in [1.82, 2.24) is 25.1 Å². The lowest BCUT2D eigenvalue weighted by Gasteiger charge is -2.23. The number of carbonyl (C=O) groups is 1. The number of aliphatic carboxylic acids is 1. The van der Waals surface area contributed by atoms with Crippen molar-refractivity contribution in [2.24, 2.45) is 0 Å². The van der Waals surface area contributed by atoms with Crippen LogP contribution in [0.15, 0.2) is 60.7 Å². The van der Waals surface area contributed by atoms with Gasteiger partial charge in [-0.3, -0.25) is 4.79 Å². The summed E-state index contributed by atoms with van der Waals surface area (Å²) in [5.41, 5.74) is 3.45. The molecule has 0 radical (unpaired) electrons. The number of hydrogen-bond donors (Lipinski definition) is 2. The molecule has 12 heteroatoms. The number of fused-ring (bicyclic) bond motifs is 3. The second kappa shape index (κ2) is 10.1. The molecule has 1 aliphatic rings. The van der Waals surface area contributed by atoms with Crippen LogP contribution in [0.1, 0.15) is 18.4 Å². The second-order valence-electron chi connectivity index (χ2n) is 8.81. The van der Waals surface area contributed by atoms with Gasteiger partial charge in [0.2, 0.25) is 12.7 Å². The van der Waals surface area contributed by atoms with Gasteiger partial charge < -0.3 is 19.9 Å². The molecule has 0 fully saturated rings. The third-order valence-corrected chi connectivity index (χ3v) is 6.25. The lowest BCUT2D eigenvalue weighted by Crippen LogP contribution is -2.34. The van der Waals surface area contributed by atoms with Crippen LogP contribution in [0.2, 0.25) is 0 Å². The highest BCUT2D eigenvalue weighted by atomic mass is 16.7. The van der Waals surface area contributed by atoms with E-state index in [2.05, 4.69) is 20.5 Å². The molecule has 0 atom stereocenters. The number of ether oxygens (including phenoxy) is 2. The van der Waals surface area contributed by atoms with Gasteiger partial charge in [0.15, 0.2) is 17.2 Å². The van der Waals surface area contributed by atoms with Gasteiger partial charge in [-0.25, -0.2) is 14.8 Å². The molecule has 0 unspecified atom stereocenters. The van der Waals surface area contributed by atoms with E-state index in [1.54, 1.807) is 28.0 Å². The van der Waals surface area contributed by atoms with Crippen LogP contribution in [0.25, 0.3) is 26.8 Å². The first-order chi connectivity index (χ1) is 19.1. The van der Waals surface area contributed by atoms with Gasteiger partial charge in [0.1, 0.15) is 16.9 Å². The van der Waals surface area contributed by atoms with Gasteiger partial charge in [-0.2, -0.15) is 4.98 Å². The minimum atomic E-state index is -0.893. The van der Waals surface area contributed by atoms with E-state index >= 15 is 0 Å². The zero-order valence-electron chi connectivity index (χ0n) is 20.6. The van der Waals surface area contributed by atoms with Gasteiger partial charge in [-0.05, 0) is 53.6 Å². The molecule has 0 aliphatic carbocycles. The molecule has 0 bridgehead atoms. The lowest BCUT2D eigenvalue weighted by molar-refractivity contribution is -0.137. The zero-order chi connectivity index (χ0) is 26.8. The van der Waals surface area contributed by atoms with Gasteiger partial charge in [0.25, 0.3) is 0 Å². The lowest BCUT2D eigenvalue weighted by atomic mass is 10.2. The minimum Gasteiger partial charge on any atom is -0.481 e. The normalized spacial score (nSPS) is 12.0. The van der Waals surface area contributed by atoms with Gasteiger partial charge in [0.05, 0.1) is 12.1 Å². The Labute approximate surface area is 222 Å². The van der Waals surface area contributed by atoms with Crippen LogP contribution in [-0.2, 0) is 11.3 Å². The number of carboxylic acid groups (broad SMARTS) is 1. The van der Waals surface area contributed by atoms with Crippen LogP contribution in [-0.4, -0.2) is 49.5 Å². The van der Waals surface area contributed by atoms with E-state index in [1.165, 1.54) is 0 Å². The Bertz CT molecular complexity index is 1750. The summed E-state index contributed by atoms with van der Waals surface area (Å²) in [6.07, 6.45) is 0.307. The van der Waals surface area contributed by atoms with Gasteiger partial charge in [0, 0.05) is 24.9 Å². The van der Waals surface area contributed by atoms with Crippen molar-refractivity contribution < 1.29 is 19.4 Å². The molecule has 2 N–H and O–H groups in total. The van der Waals surface area contributed by atoms with Gasteiger partial charge in [-0.15, -0.1) is 9.89 Å². The molecule has 0 saturated heterocycles. The number of benzene rings is 3. The Balaban J connectivity index is 1.41. The molecule has 5 aromatic rings. The smallest absolute Gasteiger partial charge is 0.303 e. The largest absolute Gasteiger partial charge is 0.481 e. The maximum absolute atomic E-state index is 11.3. The van der Waals surface area contributed by atoms with E-state index < -0.39 is 5.97 Å². The first-order valence-corrected chi connectivity index (χ1v) is 12.2. The van der Waals surface area contributed by atoms with Crippen molar-refractivity contribution in [2.75, 3.05) is 23.7 Å². The summed E-state index contributed by atoms with van der Waals surface area (Å²) >= 11 is 0. The van der Waals surface area contributed by atoms with E-state index in [-0.39, 0.29) is 19.8 Å². The molecule has 3 heterocycles. The van der Waals surface area contributed by atoms with Crippen molar-refractivity contribution in [1.29, 1.82) is 0 Å². The number of hydrogen-bond acceptors (Lipinski definition) is 9. The fraction of sp³-hybridized carbons (Fsp3) is 0.185. The molecule has 194 valence electrons. The first-order valence-electron chi connectivity index (χ1n) is 12.2. The average molecular weight is 523 g/mol. The van der Waals surface area contributed by atoms with Crippen LogP contribution in [0, 0.1) is 6.57 Å². The van der Waals surface area contributed by atoms with E-state index in [9.17, 15) is 9.90 Å². The van der Waals surface area contributed by atoms with Crippen molar-refractivity contribution in [3.05, 3.63) is 77.6 Å². The Hall–Kier alpha value is -5.44. The highest BCUT2D eigenvalue weighted by Crippen LogP contribution is 2.33. The Morgan fingerprint density at radius 2 is 1.95 bits per heavy atom. The number of aromatic nitrogens is 5. The quantitative estimate of drug-likeness (QED) is 0.268. The third-order valence-electron chi connectivity index (χ3n) is 6.25. The van der Waals surface area contributed by atoms with Gasteiger partial charge >= 0.3 is 5.97 Å². The second-order valence-corrected chi connectivity index (χ2v) is 8.81. The summed E-state index contributed by atoms with van der Waals surface area (Å²) in [5.74, 6) is 1.32. The monoisotopic (exact) mass is 522 g/mol. The van der Waals surface area contributed by atoms with Crippen LogP contribution >= 0.6 is 0 Å². The van der Waals surface area contributed by atoms with Crippen molar-refractivity contribution >= 4 is 45.4 Å². The molecular formula is C27H22N8O4. The predicted molar refractivity (Wildman–Crippen MR) is 143 cm³/mol. The van der Waals surface area contributed by atoms with Crippen LogP contribution < -0.4 is 19.8 Å². The van der Waals surface area contributed by atoms with Gasteiger partial charge in [-0.1, -0.05) is 24.3 Å². The van der Waals surface area contributed by atoms with E-state index in [0.717, 1.165) is 11.1 Å². The summed E-state index contributed by atoms with van der Waals surface area (Å²) < 4.78 is 10.9. The van der Waals surface area contributed by atoms with E-state index in [1.807, 2.05) is 42.5 Å².